The minimum atomic E-state index is -4.42. The zero-order valence-corrected chi connectivity index (χ0v) is 17.0. The maximum Gasteiger partial charge on any atom is 0.416 e. The van der Waals surface area contributed by atoms with E-state index in [0.717, 1.165) is 12.1 Å². The number of fused-ring (bicyclic) bond motifs is 3. The maximum atomic E-state index is 12.8. The molecule has 2 heterocycles. The first-order valence-electron chi connectivity index (χ1n) is 9.67. The molecule has 2 aromatic carbocycles. The lowest BCUT2D eigenvalue weighted by molar-refractivity contribution is -0.137. The lowest BCUT2D eigenvalue weighted by Gasteiger charge is -2.08. The van der Waals surface area contributed by atoms with Gasteiger partial charge < -0.3 is 15.8 Å². The second-order valence-electron chi connectivity index (χ2n) is 7.06. The van der Waals surface area contributed by atoms with Gasteiger partial charge in [-0.25, -0.2) is 9.97 Å². The molecular formula is C21H19F3N6O2. The molecular weight excluding hydrogens is 425 g/mol. The van der Waals surface area contributed by atoms with Gasteiger partial charge in [0, 0.05) is 11.8 Å². The minimum Gasteiger partial charge on any atom is -0.494 e. The second-order valence-corrected chi connectivity index (χ2v) is 7.06. The van der Waals surface area contributed by atoms with E-state index in [1.165, 1.54) is 17.7 Å². The largest absolute Gasteiger partial charge is 0.494 e. The minimum absolute atomic E-state index is 0.0263. The Morgan fingerprint density at radius 2 is 1.97 bits per heavy atom. The van der Waals surface area contributed by atoms with Crippen molar-refractivity contribution >= 4 is 28.4 Å². The first kappa shape index (κ1) is 21.3. The molecule has 32 heavy (non-hydrogen) atoms. The van der Waals surface area contributed by atoms with Crippen molar-refractivity contribution in [3.63, 3.8) is 0 Å². The molecule has 4 aromatic rings. The topological polar surface area (TPSA) is 107 Å². The molecule has 0 saturated heterocycles. The van der Waals surface area contributed by atoms with Crippen LogP contribution in [0.3, 0.4) is 0 Å². The number of hydrogen-bond acceptors (Lipinski definition) is 6. The van der Waals surface area contributed by atoms with E-state index in [1.54, 1.807) is 18.2 Å². The predicted molar refractivity (Wildman–Crippen MR) is 111 cm³/mol. The number of nitrogens with two attached hydrogens (primary N) is 1. The fourth-order valence-corrected chi connectivity index (χ4v) is 3.34. The number of nitrogens with one attached hydrogen (secondary N) is 1. The molecule has 4 rings (SSSR count). The van der Waals surface area contributed by atoms with Gasteiger partial charge >= 0.3 is 6.18 Å². The molecule has 1 amide bonds. The number of halogens is 3. The van der Waals surface area contributed by atoms with Gasteiger partial charge in [0.25, 0.3) is 0 Å². The van der Waals surface area contributed by atoms with Crippen LogP contribution in [0.1, 0.15) is 23.4 Å². The number of methoxy groups -OCH3 is 1. The Kier molecular flexibility index (Phi) is 5.56. The average molecular weight is 444 g/mol. The second kappa shape index (κ2) is 8.33. The van der Waals surface area contributed by atoms with Gasteiger partial charge in [-0.15, -0.1) is 5.10 Å². The van der Waals surface area contributed by atoms with Crippen molar-refractivity contribution in [1.29, 1.82) is 0 Å². The van der Waals surface area contributed by atoms with Crippen molar-refractivity contribution in [2.24, 2.45) is 0 Å². The number of aryl methyl sites for hydroxylation is 1. The van der Waals surface area contributed by atoms with Gasteiger partial charge in [0.15, 0.2) is 11.5 Å². The van der Waals surface area contributed by atoms with Crippen molar-refractivity contribution in [3.8, 4) is 5.75 Å². The van der Waals surface area contributed by atoms with E-state index >= 15 is 0 Å². The predicted octanol–water partition coefficient (Wildman–Crippen LogP) is 3.14. The van der Waals surface area contributed by atoms with E-state index in [2.05, 4.69) is 20.4 Å². The summed E-state index contributed by atoms with van der Waals surface area (Å²) in [5.74, 6) is 0.649. The monoisotopic (exact) mass is 444 g/mol. The molecule has 0 aliphatic rings. The highest BCUT2D eigenvalue weighted by molar-refractivity contribution is 5.95. The first-order chi connectivity index (χ1) is 15.3. The Balaban J connectivity index is 1.45. The number of rotatable bonds is 6. The number of aromatic nitrogens is 4. The third-order valence-corrected chi connectivity index (χ3v) is 4.89. The van der Waals surface area contributed by atoms with Crippen LogP contribution in [0.5, 0.6) is 5.75 Å². The van der Waals surface area contributed by atoms with Crippen molar-refractivity contribution in [3.05, 3.63) is 59.4 Å². The van der Waals surface area contributed by atoms with Crippen LogP contribution in [0.2, 0.25) is 0 Å². The molecule has 0 spiro atoms. The number of carbonyl (C=O) groups is 1. The summed E-state index contributed by atoms with van der Waals surface area (Å²) in [4.78, 5) is 21.0. The summed E-state index contributed by atoms with van der Waals surface area (Å²) < 4.78 is 45.1. The fraction of sp³-hybridized carbons (Fsp3) is 0.238. The maximum absolute atomic E-state index is 12.8. The van der Waals surface area contributed by atoms with E-state index in [9.17, 15) is 18.0 Å². The number of nitrogens with zero attached hydrogens (tertiary/aromatic N) is 4. The standard InChI is InChI=1S/C21H19F3N6O2/c1-32-15-7-3-6-14-18(15)28-20(25)30-19(14)27-16(29-30)11-26-17(31)9-8-12-4-2-5-13(10-12)21(22,23)24/h2-7,10H,8-9,11H2,1H3,(H2,25,28)(H,26,31). The van der Waals surface area contributed by atoms with E-state index in [4.69, 9.17) is 10.5 Å². The molecule has 11 heteroatoms. The van der Waals surface area contributed by atoms with Crippen molar-refractivity contribution in [2.45, 2.75) is 25.6 Å². The molecule has 0 aliphatic heterocycles. The summed E-state index contributed by atoms with van der Waals surface area (Å²) >= 11 is 0. The summed E-state index contributed by atoms with van der Waals surface area (Å²) in [7, 11) is 1.53. The summed E-state index contributed by atoms with van der Waals surface area (Å²) in [5, 5.41) is 7.65. The van der Waals surface area contributed by atoms with Crippen LogP contribution in [-0.4, -0.2) is 32.6 Å². The Labute approximate surface area is 180 Å². The molecule has 2 aromatic heterocycles. The van der Waals surface area contributed by atoms with E-state index in [1.807, 2.05) is 6.07 Å². The van der Waals surface area contributed by atoms with Gasteiger partial charge in [0.1, 0.15) is 11.3 Å². The molecule has 0 atom stereocenters. The van der Waals surface area contributed by atoms with Gasteiger partial charge in [-0.1, -0.05) is 24.3 Å². The number of ether oxygens (including phenoxy) is 1. The van der Waals surface area contributed by atoms with Gasteiger partial charge in [0.2, 0.25) is 11.9 Å². The van der Waals surface area contributed by atoms with E-state index in [0.29, 0.717) is 33.7 Å². The zero-order chi connectivity index (χ0) is 22.9. The Morgan fingerprint density at radius 3 is 2.72 bits per heavy atom. The molecule has 0 saturated carbocycles. The summed E-state index contributed by atoms with van der Waals surface area (Å²) in [5.41, 5.74) is 6.71. The summed E-state index contributed by atoms with van der Waals surface area (Å²) in [6.07, 6.45) is -4.22. The van der Waals surface area contributed by atoms with Gasteiger partial charge in [-0.2, -0.15) is 17.7 Å². The molecule has 0 bridgehead atoms. The van der Waals surface area contributed by atoms with Crippen LogP contribution >= 0.6 is 0 Å². The van der Waals surface area contributed by atoms with Crippen LogP contribution in [0.15, 0.2) is 42.5 Å². The van der Waals surface area contributed by atoms with Gasteiger partial charge in [-0.05, 0) is 30.2 Å². The average Bonchev–Trinajstić information content (AvgIpc) is 3.21. The number of benzene rings is 2. The van der Waals surface area contributed by atoms with Crippen LogP contribution in [0.25, 0.3) is 16.6 Å². The van der Waals surface area contributed by atoms with Gasteiger partial charge in [0.05, 0.1) is 19.2 Å². The number of alkyl halides is 3. The Morgan fingerprint density at radius 1 is 1.19 bits per heavy atom. The number of carbonyl (C=O) groups excluding carboxylic acids is 1. The van der Waals surface area contributed by atoms with Crippen LogP contribution in [0.4, 0.5) is 19.1 Å². The molecule has 8 nitrogen and oxygen atoms in total. The number of amides is 1. The lowest BCUT2D eigenvalue weighted by atomic mass is 10.1. The Bertz CT molecular complexity index is 1300. The smallest absolute Gasteiger partial charge is 0.416 e. The quantitative estimate of drug-likeness (QED) is 0.473. The number of nitrogen functional groups attached to an aromatic ring is 1. The highest BCUT2D eigenvalue weighted by Crippen LogP contribution is 2.30. The third kappa shape index (κ3) is 4.27. The Hall–Kier alpha value is -3.89. The molecule has 0 fully saturated rings. The first-order valence-corrected chi connectivity index (χ1v) is 9.67. The molecule has 3 N–H and O–H groups in total. The van der Waals surface area contributed by atoms with Crippen molar-refractivity contribution < 1.29 is 22.7 Å². The number of hydrogen-bond donors (Lipinski definition) is 2. The van der Waals surface area contributed by atoms with Crippen molar-refractivity contribution in [2.75, 3.05) is 12.8 Å². The fourth-order valence-electron chi connectivity index (χ4n) is 3.34. The SMILES string of the molecule is COc1cccc2c1nc(N)n1nc(CNC(=O)CCc3cccc(C(F)(F)F)c3)nc21. The number of anilines is 1. The van der Waals surface area contributed by atoms with Crippen LogP contribution in [-0.2, 0) is 23.9 Å². The third-order valence-electron chi connectivity index (χ3n) is 4.89. The zero-order valence-electron chi connectivity index (χ0n) is 17.0. The molecule has 0 radical (unpaired) electrons. The lowest BCUT2D eigenvalue weighted by Crippen LogP contribution is -2.23. The molecule has 0 unspecified atom stereocenters. The summed E-state index contributed by atoms with van der Waals surface area (Å²) in [6.45, 7) is 0.0357. The van der Waals surface area contributed by atoms with Crippen LogP contribution < -0.4 is 15.8 Å². The summed E-state index contributed by atoms with van der Waals surface area (Å²) in [6, 6.07) is 10.3. The van der Waals surface area contributed by atoms with Crippen LogP contribution in [0, 0.1) is 0 Å². The van der Waals surface area contributed by atoms with Gasteiger partial charge in [-0.3, -0.25) is 4.79 Å². The molecule has 0 aliphatic carbocycles. The molecule has 166 valence electrons. The van der Waals surface area contributed by atoms with Crippen molar-refractivity contribution in [1.82, 2.24) is 24.9 Å². The van der Waals surface area contributed by atoms with E-state index in [-0.39, 0.29) is 31.2 Å². The normalized spacial score (nSPS) is 11.8. The highest BCUT2D eigenvalue weighted by atomic mass is 19.4. The van der Waals surface area contributed by atoms with E-state index < -0.39 is 11.7 Å². The highest BCUT2D eigenvalue weighted by Gasteiger charge is 2.30. The number of para-hydroxylation sites is 1.